The largest absolute Gasteiger partial charge is 0.457 e. The second-order valence-corrected chi connectivity index (χ2v) is 7.69. The summed E-state index contributed by atoms with van der Waals surface area (Å²) in [5.74, 6) is -1.89. The SMILES string of the molecule is O=C(COC(=O)C1CCCN(C(=O)c2ccc(F)cc2)C1)c1ccc2ccccc2c1. The number of ether oxygens (including phenoxy) is 1. The van der Waals surface area contributed by atoms with Crippen molar-refractivity contribution in [2.45, 2.75) is 12.8 Å². The van der Waals surface area contributed by atoms with Crippen LogP contribution in [0.1, 0.15) is 33.6 Å². The van der Waals surface area contributed by atoms with Gasteiger partial charge in [-0.25, -0.2) is 4.39 Å². The lowest BCUT2D eigenvalue weighted by Crippen LogP contribution is -2.43. The van der Waals surface area contributed by atoms with Gasteiger partial charge >= 0.3 is 5.97 Å². The fraction of sp³-hybridized carbons (Fsp3) is 0.240. The molecule has 1 heterocycles. The number of hydrogen-bond acceptors (Lipinski definition) is 4. The van der Waals surface area contributed by atoms with Gasteiger partial charge in [0, 0.05) is 24.2 Å². The molecule has 1 aliphatic rings. The van der Waals surface area contributed by atoms with E-state index in [2.05, 4.69) is 0 Å². The van der Waals surface area contributed by atoms with Crippen LogP contribution in [0, 0.1) is 11.7 Å². The van der Waals surface area contributed by atoms with Crippen LogP contribution in [0.2, 0.25) is 0 Å². The molecular weight excluding hydrogens is 397 g/mol. The van der Waals surface area contributed by atoms with Crippen molar-refractivity contribution in [3.05, 3.63) is 83.7 Å². The van der Waals surface area contributed by atoms with Crippen molar-refractivity contribution in [1.82, 2.24) is 4.90 Å². The predicted octanol–water partition coefficient (Wildman–Crippen LogP) is 4.26. The lowest BCUT2D eigenvalue weighted by molar-refractivity contribution is -0.148. The number of Topliss-reactive ketones (excluding diaryl/α,β-unsaturated/α-hetero) is 1. The van der Waals surface area contributed by atoms with Crippen LogP contribution in [0.4, 0.5) is 4.39 Å². The van der Waals surface area contributed by atoms with E-state index < -0.39 is 17.7 Å². The van der Waals surface area contributed by atoms with Crippen molar-refractivity contribution in [2.75, 3.05) is 19.7 Å². The molecule has 6 heteroatoms. The number of amides is 1. The van der Waals surface area contributed by atoms with Gasteiger partial charge in [-0.15, -0.1) is 0 Å². The standard InChI is InChI=1S/C25H22FNO4/c26-22-11-9-18(10-12-22)24(29)27-13-3-6-21(15-27)25(30)31-16-23(28)20-8-7-17-4-1-2-5-19(17)14-20/h1-2,4-5,7-12,14,21H,3,6,13,15-16H2. The van der Waals surface area contributed by atoms with Crippen molar-refractivity contribution in [2.24, 2.45) is 5.92 Å². The average Bonchev–Trinajstić information content (AvgIpc) is 2.82. The van der Waals surface area contributed by atoms with E-state index >= 15 is 0 Å². The van der Waals surface area contributed by atoms with Gasteiger partial charge in [0.05, 0.1) is 5.92 Å². The Bertz CT molecular complexity index is 1130. The molecule has 3 aromatic carbocycles. The topological polar surface area (TPSA) is 63.7 Å². The van der Waals surface area contributed by atoms with E-state index in [0.717, 1.165) is 10.8 Å². The highest BCUT2D eigenvalue weighted by molar-refractivity contribution is 6.01. The van der Waals surface area contributed by atoms with Crippen molar-refractivity contribution in [3.63, 3.8) is 0 Å². The number of rotatable bonds is 5. The van der Waals surface area contributed by atoms with Crippen LogP contribution >= 0.6 is 0 Å². The summed E-state index contributed by atoms with van der Waals surface area (Å²) in [6.07, 6.45) is 1.25. The molecule has 1 atom stereocenters. The van der Waals surface area contributed by atoms with Crippen molar-refractivity contribution < 1.29 is 23.5 Å². The van der Waals surface area contributed by atoms with Crippen LogP contribution in [0.15, 0.2) is 66.7 Å². The predicted molar refractivity (Wildman–Crippen MR) is 114 cm³/mol. The zero-order chi connectivity index (χ0) is 21.8. The summed E-state index contributed by atoms with van der Waals surface area (Å²) in [5, 5.41) is 1.98. The maximum absolute atomic E-state index is 13.1. The minimum Gasteiger partial charge on any atom is -0.457 e. The summed E-state index contributed by atoms with van der Waals surface area (Å²) < 4.78 is 18.4. The highest BCUT2D eigenvalue weighted by atomic mass is 19.1. The van der Waals surface area contributed by atoms with Gasteiger partial charge in [-0.2, -0.15) is 0 Å². The van der Waals surface area contributed by atoms with Crippen molar-refractivity contribution >= 4 is 28.4 Å². The minimum atomic E-state index is -0.484. The second-order valence-electron chi connectivity index (χ2n) is 7.69. The monoisotopic (exact) mass is 419 g/mol. The lowest BCUT2D eigenvalue weighted by Gasteiger charge is -2.31. The Balaban J connectivity index is 1.34. The van der Waals surface area contributed by atoms with Gasteiger partial charge in [0.2, 0.25) is 0 Å². The molecule has 31 heavy (non-hydrogen) atoms. The number of piperidine rings is 1. The number of carbonyl (C=O) groups excluding carboxylic acids is 3. The molecule has 0 saturated carbocycles. The van der Waals surface area contributed by atoms with E-state index in [1.165, 1.54) is 24.3 Å². The third-order valence-corrected chi connectivity index (χ3v) is 5.55. The number of esters is 1. The number of fused-ring (bicyclic) bond motifs is 1. The molecule has 5 nitrogen and oxygen atoms in total. The van der Waals surface area contributed by atoms with Crippen molar-refractivity contribution in [1.29, 1.82) is 0 Å². The molecule has 1 aliphatic heterocycles. The summed E-state index contributed by atoms with van der Waals surface area (Å²) in [7, 11) is 0. The highest BCUT2D eigenvalue weighted by Crippen LogP contribution is 2.21. The minimum absolute atomic E-state index is 0.221. The number of carbonyl (C=O) groups is 3. The summed E-state index contributed by atoms with van der Waals surface area (Å²) >= 11 is 0. The van der Waals surface area contributed by atoms with E-state index in [-0.39, 0.29) is 24.8 Å². The van der Waals surface area contributed by atoms with Crippen molar-refractivity contribution in [3.8, 4) is 0 Å². The third-order valence-electron chi connectivity index (χ3n) is 5.55. The van der Waals surface area contributed by atoms with Gasteiger partial charge in [0.1, 0.15) is 5.82 Å². The summed E-state index contributed by atoms with van der Waals surface area (Å²) in [6.45, 7) is 0.412. The van der Waals surface area contributed by atoms with Gasteiger partial charge in [-0.1, -0.05) is 36.4 Å². The molecular formula is C25H22FNO4. The summed E-state index contributed by atoms with van der Waals surface area (Å²) in [5.41, 5.74) is 0.866. The maximum atomic E-state index is 13.1. The molecule has 1 saturated heterocycles. The quantitative estimate of drug-likeness (QED) is 0.458. The second kappa shape index (κ2) is 9.08. The molecule has 1 unspecified atom stereocenters. The smallest absolute Gasteiger partial charge is 0.311 e. The molecule has 3 aromatic rings. The summed E-state index contributed by atoms with van der Waals surface area (Å²) in [6, 6.07) is 18.4. The van der Waals surface area contributed by atoms with Gasteiger partial charge in [0.15, 0.2) is 12.4 Å². The molecule has 0 spiro atoms. The molecule has 4 rings (SSSR count). The van der Waals surface area contributed by atoms with Crippen LogP contribution in [-0.4, -0.2) is 42.3 Å². The Hall–Kier alpha value is -3.54. The number of likely N-dealkylation sites (tertiary alicyclic amines) is 1. The van der Waals surface area contributed by atoms with E-state index in [1.54, 1.807) is 17.0 Å². The van der Waals surface area contributed by atoms with Crippen LogP contribution < -0.4 is 0 Å². The lowest BCUT2D eigenvalue weighted by atomic mass is 9.97. The fourth-order valence-electron chi connectivity index (χ4n) is 3.83. The molecule has 0 N–H and O–H groups in total. The molecule has 0 radical (unpaired) electrons. The van der Waals surface area contributed by atoms with E-state index in [0.29, 0.717) is 30.5 Å². The van der Waals surface area contributed by atoms with Crippen LogP contribution in [-0.2, 0) is 9.53 Å². The normalized spacial score (nSPS) is 16.2. The number of nitrogens with zero attached hydrogens (tertiary/aromatic N) is 1. The van der Waals surface area contributed by atoms with Crippen LogP contribution in [0.25, 0.3) is 10.8 Å². The number of ketones is 1. The Morgan fingerprint density at radius 3 is 2.42 bits per heavy atom. The Kier molecular flexibility index (Phi) is 6.07. The van der Waals surface area contributed by atoms with E-state index in [1.807, 2.05) is 30.3 Å². The first-order valence-electron chi connectivity index (χ1n) is 10.2. The molecule has 0 bridgehead atoms. The molecule has 158 valence electrons. The fourth-order valence-corrected chi connectivity index (χ4v) is 3.83. The molecule has 1 amide bonds. The number of benzene rings is 3. The first-order chi connectivity index (χ1) is 15.0. The van der Waals surface area contributed by atoms with E-state index in [9.17, 15) is 18.8 Å². The average molecular weight is 419 g/mol. The van der Waals surface area contributed by atoms with Gasteiger partial charge < -0.3 is 9.64 Å². The number of hydrogen-bond donors (Lipinski definition) is 0. The Morgan fingerprint density at radius 2 is 1.65 bits per heavy atom. The zero-order valence-corrected chi connectivity index (χ0v) is 16.9. The summed E-state index contributed by atoms with van der Waals surface area (Å²) in [4.78, 5) is 39.2. The van der Waals surface area contributed by atoms with Gasteiger partial charge in [-0.05, 0) is 53.9 Å². The number of halogens is 1. The van der Waals surface area contributed by atoms with Gasteiger partial charge in [0.25, 0.3) is 5.91 Å². The zero-order valence-electron chi connectivity index (χ0n) is 16.9. The highest BCUT2D eigenvalue weighted by Gasteiger charge is 2.30. The first-order valence-corrected chi connectivity index (χ1v) is 10.2. The van der Waals surface area contributed by atoms with Crippen LogP contribution in [0.5, 0.6) is 0 Å². The Morgan fingerprint density at radius 1 is 0.935 bits per heavy atom. The van der Waals surface area contributed by atoms with Gasteiger partial charge in [-0.3, -0.25) is 14.4 Å². The van der Waals surface area contributed by atoms with E-state index in [4.69, 9.17) is 4.74 Å². The molecule has 0 aliphatic carbocycles. The Labute approximate surface area is 179 Å². The maximum Gasteiger partial charge on any atom is 0.311 e. The first kappa shape index (κ1) is 20.7. The van der Waals surface area contributed by atoms with Crippen LogP contribution in [0.3, 0.4) is 0 Å². The third kappa shape index (κ3) is 4.79. The molecule has 0 aromatic heterocycles. The molecule has 1 fully saturated rings.